The Bertz CT molecular complexity index is 422. The fourth-order valence-corrected chi connectivity index (χ4v) is 2.40. The zero-order valence-corrected chi connectivity index (χ0v) is 10.4. The van der Waals surface area contributed by atoms with Crippen LogP contribution in [0.1, 0.15) is 25.5 Å². The van der Waals surface area contributed by atoms with Gasteiger partial charge in [0.2, 0.25) is 0 Å². The molecule has 2 aromatic rings. The minimum absolute atomic E-state index is 0.444. The average Bonchev–Trinajstić information content (AvgIpc) is 2.94. The Hall–Kier alpha value is -1.13. The molecule has 16 heavy (non-hydrogen) atoms. The van der Waals surface area contributed by atoms with Crippen molar-refractivity contribution < 1.29 is 4.42 Å². The lowest BCUT2D eigenvalue weighted by atomic mass is 10.1. The molecule has 0 aliphatic rings. The summed E-state index contributed by atoms with van der Waals surface area (Å²) >= 11 is 1.64. The lowest BCUT2D eigenvalue weighted by molar-refractivity contribution is 0.580. The second kappa shape index (κ2) is 5.27. The van der Waals surface area contributed by atoms with E-state index in [1.165, 1.54) is 0 Å². The fourth-order valence-electron chi connectivity index (χ4n) is 1.49. The third-order valence-electron chi connectivity index (χ3n) is 2.46. The summed E-state index contributed by atoms with van der Waals surface area (Å²) in [7, 11) is 0. The predicted molar refractivity (Wildman–Crippen MR) is 66.8 cm³/mol. The van der Waals surface area contributed by atoms with Crippen molar-refractivity contribution in [2.24, 2.45) is 0 Å². The van der Waals surface area contributed by atoms with Gasteiger partial charge in [-0.3, -0.25) is 0 Å². The zero-order valence-electron chi connectivity index (χ0n) is 9.56. The van der Waals surface area contributed by atoms with E-state index in [0.29, 0.717) is 5.92 Å². The second-order valence-corrected chi connectivity index (χ2v) is 4.62. The highest BCUT2D eigenvalue weighted by atomic mass is 32.1. The van der Waals surface area contributed by atoms with Gasteiger partial charge < -0.3 is 9.73 Å². The molecular weight excluding hydrogens is 220 g/mol. The number of rotatable bonds is 5. The quantitative estimate of drug-likeness (QED) is 0.866. The van der Waals surface area contributed by atoms with Gasteiger partial charge in [-0.25, -0.2) is 4.98 Å². The molecule has 0 aromatic carbocycles. The zero-order chi connectivity index (χ0) is 11.4. The normalized spacial score (nSPS) is 12.9. The molecule has 1 N–H and O–H groups in total. The van der Waals surface area contributed by atoms with Crippen LogP contribution in [0.2, 0.25) is 0 Å². The van der Waals surface area contributed by atoms with Crippen molar-refractivity contribution in [2.45, 2.75) is 19.8 Å². The summed E-state index contributed by atoms with van der Waals surface area (Å²) in [5.74, 6) is 1.30. The summed E-state index contributed by atoms with van der Waals surface area (Å²) in [5.41, 5.74) is 1.14. The van der Waals surface area contributed by atoms with Crippen molar-refractivity contribution in [3.63, 3.8) is 0 Å². The number of thiazole rings is 1. The molecule has 1 unspecified atom stereocenters. The summed E-state index contributed by atoms with van der Waals surface area (Å²) in [6.07, 6.45) is 1.68. The van der Waals surface area contributed by atoms with Crippen molar-refractivity contribution in [3.05, 3.63) is 29.5 Å². The minimum atomic E-state index is 0.444. The van der Waals surface area contributed by atoms with Gasteiger partial charge in [0.1, 0.15) is 0 Å². The van der Waals surface area contributed by atoms with Crippen LogP contribution in [-0.2, 0) is 0 Å². The van der Waals surface area contributed by atoms with Crippen molar-refractivity contribution in [2.75, 3.05) is 13.1 Å². The molecule has 3 nitrogen and oxygen atoms in total. The van der Waals surface area contributed by atoms with Crippen molar-refractivity contribution in [3.8, 4) is 10.8 Å². The Labute approximate surface area is 99.5 Å². The van der Waals surface area contributed by atoms with E-state index in [-0.39, 0.29) is 0 Å². The first-order valence-corrected chi connectivity index (χ1v) is 6.39. The van der Waals surface area contributed by atoms with Gasteiger partial charge in [0.15, 0.2) is 10.8 Å². The maximum absolute atomic E-state index is 5.33. The highest BCUT2D eigenvalue weighted by Crippen LogP contribution is 2.26. The van der Waals surface area contributed by atoms with Crippen LogP contribution in [0.5, 0.6) is 0 Å². The first-order chi connectivity index (χ1) is 7.81. The molecule has 0 amide bonds. The van der Waals surface area contributed by atoms with E-state index in [2.05, 4.69) is 29.5 Å². The fraction of sp³-hybridized carbons (Fsp3) is 0.417. The van der Waals surface area contributed by atoms with E-state index in [4.69, 9.17) is 4.42 Å². The van der Waals surface area contributed by atoms with Crippen LogP contribution in [-0.4, -0.2) is 18.1 Å². The third kappa shape index (κ3) is 2.51. The Kier molecular flexibility index (Phi) is 3.74. The van der Waals surface area contributed by atoms with Gasteiger partial charge in [-0.2, -0.15) is 0 Å². The van der Waals surface area contributed by atoms with Gasteiger partial charge in [-0.05, 0) is 18.7 Å². The van der Waals surface area contributed by atoms with E-state index in [0.717, 1.165) is 29.6 Å². The molecule has 0 aliphatic heterocycles. The number of nitrogens with one attached hydrogen (secondary N) is 1. The number of hydrogen-bond donors (Lipinski definition) is 1. The van der Waals surface area contributed by atoms with Crippen molar-refractivity contribution in [1.82, 2.24) is 10.3 Å². The molecule has 0 bridgehead atoms. The van der Waals surface area contributed by atoms with Gasteiger partial charge in [0, 0.05) is 17.8 Å². The van der Waals surface area contributed by atoms with E-state index in [1.54, 1.807) is 17.6 Å². The SMILES string of the molecule is CCNCC(C)c1csc(-c2ccco2)n1. The van der Waals surface area contributed by atoms with Crippen molar-refractivity contribution >= 4 is 11.3 Å². The summed E-state index contributed by atoms with van der Waals surface area (Å²) in [6.45, 7) is 6.27. The molecule has 86 valence electrons. The third-order valence-corrected chi connectivity index (χ3v) is 3.33. The van der Waals surface area contributed by atoms with Crippen LogP contribution >= 0.6 is 11.3 Å². The Morgan fingerprint density at radius 3 is 3.12 bits per heavy atom. The molecule has 2 heterocycles. The molecule has 0 radical (unpaired) electrons. The van der Waals surface area contributed by atoms with Gasteiger partial charge >= 0.3 is 0 Å². The van der Waals surface area contributed by atoms with Crippen LogP contribution in [0.4, 0.5) is 0 Å². The van der Waals surface area contributed by atoms with Gasteiger partial charge in [0.25, 0.3) is 0 Å². The van der Waals surface area contributed by atoms with Gasteiger partial charge in [-0.1, -0.05) is 13.8 Å². The van der Waals surface area contributed by atoms with Crippen LogP contribution in [0.25, 0.3) is 10.8 Å². The number of aromatic nitrogens is 1. The molecule has 2 aromatic heterocycles. The smallest absolute Gasteiger partial charge is 0.162 e. The number of hydrogen-bond acceptors (Lipinski definition) is 4. The monoisotopic (exact) mass is 236 g/mol. The first-order valence-electron chi connectivity index (χ1n) is 5.51. The van der Waals surface area contributed by atoms with E-state index >= 15 is 0 Å². The highest BCUT2D eigenvalue weighted by molar-refractivity contribution is 7.13. The Balaban J connectivity index is 2.07. The molecule has 0 fully saturated rings. The number of nitrogens with zero attached hydrogens (tertiary/aromatic N) is 1. The van der Waals surface area contributed by atoms with Crippen LogP contribution in [0.15, 0.2) is 28.2 Å². The average molecular weight is 236 g/mol. The number of likely N-dealkylation sites (N-methyl/N-ethyl adjacent to an activating group) is 1. The molecule has 0 spiro atoms. The molecule has 1 atom stereocenters. The van der Waals surface area contributed by atoms with E-state index in [9.17, 15) is 0 Å². The molecular formula is C12H16N2OS. The maximum atomic E-state index is 5.33. The van der Waals surface area contributed by atoms with Crippen LogP contribution < -0.4 is 5.32 Å². The molecule has 0 saturated heterocycles. The van der Waals surface area contributed by atoms with E-state index < -0.39 is 0 Å². The number of furan rings is 1. The van der Waals surface area contributed by atoms with E-state index in [1.807, 2.05) is 12.1 Å². The molecule has 4 heteroatoms. The van der Waals surface area contributed by atoms with Crippen LogP contribution in [0.3, 0.4) is 0 Å². The summed E-state index contributed by atoms with van der Waals surface area (Å²) in [4.78, 5) is 4.59. The topological polar surface area (TPSA) is 38.1 Å². The highest BCUT2D eigenvalue weighted by Gasteiger charge is 2.11. The maximum Gasteiger partial charge on any atom is 0.162 e. The lowest BCUT2D eigenvalue weighted by Gasteiger charge is -2.07. The predicted octanol–water partition coefficient (Wildman–Crippen LogP) is 3.12. The summed E-state index contributed by atoms with van der Waals surface area (Å²) in [6, 6.07) is 3.83. The van der Waals surface area contributed by atoms with Crippen LogP contribution in [0, 0.1) is 0 Å². The van der Waals surface area contributed by atoms with Gasteiger partial charge in [0.05, 0.1) is 12.0 Å². The molecule has 0 saturated carbocycles. The standard InChI is InChI=1S/C12H16N2OS/c1-3-13-7-9(2)10-8-16-12(14-10)11-5-4-6-15-11/h4-6,8-9,13H,3,7H2,1-2H3. The molecule has 0 aliphatic carbocycles. The largest absolute Gasteiger partial charge is 0.462 e. The summed E-state index contributed by atoms with van der Waals surface area (Å²) < 4.78 is 5.33. The summed E-state index contributed by atoms with van der Waals surface area (Å²) in [5, 5.41) is 6.40. The second-order valence-electron chi connectivity index (χ2n) is 3.76. The Morgan fingerprint density at radius 1 is 1.56 bits per heavy atom. The van der Waals surface area contributed by atoms with Crippen molar-refractivity contribution in [1.29, 1.82) is 0 Å². The lowest BCUT2D eigenvalue weighted by Crippen LogP contribution is -2.19. The van der Waals surface area contributed by atoms with Gasteiger partial charge in [-0.15, -0.1) is 11.3 Å². The first kappa shape index (κ1) is 11.4. The Morgan fingerprint density at radius 2 is 2.44 bits per heavy atom. The molecule has 2 rings (SSSR count). The minimum Gasteiger partial charge on any atom is -0.462 e.